The Kier molecular flexibility index (Phi) is 4.18. The SMILES string of the molecule is Nc1ccnc(C(=O)N2CCC(Cc3nc4c(s3)CCC4)CC2)n1. The lowest BCUT2D eigenvalue weighted by molar-refractivity contribution is 0.0678. The van der Waals surface area contributed by atoms with Crippen LogP contribution in [0.5, 0.6) is 0 Å². The Labute approximate surface area is 145 Å². The number of carbonyl (C=O) groups is 1. The highest BCUT2D eigenvalue weighted by molar-refractivity contribution is 7.11. The number of amides is 1. The number of nitrogens with two attached hydrogens (primary N) is 1. The van der Waals surface area contributed by atoms with Crippen molar-refractivity contribution in [3.8, 4) is 0 Å². The summed E-state index contributed by atoms with van der Waals surface area (Å²) in [6.07, 6.45) is 8.23. The molecule has 4 rings (SSSR count). The number of fused-ring (bicyclic) bond motifs is 1. The van der Waals surface area contributed by atoms with Crippen LogP contribution in [0.25, 0.3) is 0 Å². The molecule has 0 spiro atoms. The number of hydrogen-bond acceptors (Lipinski definition) is 6. The number of nitrogen functional groups attached to an aromatic ring is 1. The highest BCUT2D eigenvalue weighted by Crippen LogP contribution is 2.30. The van der Waals surface area contributed by atoms with Crippen LogP contribution in [-0.2, 0) is 19.3 Å². The van der Waals surface area contributed by atoms with Crippen LogP contribution >= 0.6 is 11.3 Å². The van der Waals surface area contributed by atoms with Crippen LogP contribution in [0.4, 0.5) is 5.82 Å². The topological polar surface area (TPSA) is 85.0 Å². The number of hydrogen-bond donors (Lipinski definition) is 1. The molecule has 0 radical (unpaired) electrons. The minimum Gasteiger partial charge on any atom is -0.384 e. The maximum atomic E-state index is 12.4. The second kappa shape index (κ2) is 6.47. The molecule has 1 aliphatic heterocycles. The van der Waals surface area contributed by atoms with Crippen molar-refractivity contribution < 1.29 is 4.79 Å². The van der Waals surface area contributed by atoms with Crippen LogP contribution in [0.2, 0.25) is 0 Å². The summed E-state index contributed by atoms with van der Waals surface area (Å²) < 4.78 is 0. The third kappa shape index (κ3) is 3.13. The van der Waals surface area contributed by atoms with E-state index in [0.717, 1.165) is 38.8 Å². The van der Waals surface area contributed by atoms with Gasteiger partial charge in [-0.25, -0.2) is 15.0 Å². The van der Waals surface area contributed by atoms with Gasteiger partial charge >= 0.3 is 0 Å². The first-order valence-corrected chi connectivity index (χ1v) is 9.36. The molecule has 1 saturated heterocycles. The molecule has 2 aromatic heterocycles. The largest absolute Gasteiger partial charge is 0.384 e. The predicted molar refractivity (Wildman–Crippen MR) is 92.9 cm³/mol. The highest BCUT2D eigenvalue weighted by atomic mass is 32.1. The van der Waals surface area contributed by atoms with Gasteiger partial charge in [0.25, 0.3) is 5.91 Å². The molecule has 0 aromatic carbocycles. The number of aromatic nitrogens is 3. The van der Waals surface area contributed by atoms with Gasteiger partial charge in [-0.05, 0) is 44.1 Å². The van der Waals surface area contributed by atoms with Gasteiger partial charge in [0.05, 0.1) is 10.7 Å². The number of thiazole rings is 1. The molecule has 0 bridgehead atoms. The predicted octanol–water partition coefficient (Wildman–Crippen LogP) is 2.10. The van der Waals surface area contributed by atoms with Gasteiger partial charge in [0.15, 0.2) is 0 Å². The molecule has 24 heavy (non-hydrogen) atoms. The van der Waals surface area contributed by atoms with Crippen molar-refractivity contribution in [2.24, 2.45) is 5.92 Å². The van der Waals surface area contributed by atoms with Gasteiger partial charge in [-0.2, -0.15) is 0 Å². The Morgan fingerprint density at radius 3 is 2.88 bits per heavy atom. The zero-order valence-corrected chi connectivity index (χ0v) is 14.4. The molecular weight excluding hydrogens is 322 g/mol. The van der Waals surface area contributed by atoms with E-state index < -0.39 is 0 Å². The Morgan fingerprint density at radius 2 is 2.12 bits per heavy atom. The van der Waals surface area contributed by atoms with Gasteiger partial charge < -0.3 is 10.6 Å². The second-order valence-electron chi connectivity index (χ2n) is 6.58. The highest BCUT2D eigenvalue weighted by Gasteiger charge is 2.26. The minimum absolute atomic E-state index is 0.117. The van der Waals surface area contributed by atoms with Crippen molar-refractivity contribution in [1.82, 2.24) is 19.9 Å². The molecular formula is C17H21N5OS. The average Bonchev–Trinajstić information content (AvgIpc) is 3.16. The summed E-state index contributed by atoms with van der Waals surface area (Å²) >= 11 is 1.90. The lowest BCUT2D eigenvalue weighted by Crippen LogP contribution is -2.39. The van der Waals surface area contributed by atoms with E-state index >= 15 is 0 Å². The third-order valence-corrected chi connectivity index (χ3v) is 6.05. The van der Waals surface area contributed by atoms with Crippen molar-refractivity contribution in [1.29, 1.82) is 0 Å². The molecule has 2 aromatic rings. The van der Waals surface area contributed by atoms with E-state index in [4.69, 9.17) is 10.7 Å². The van der Waals surface area contributed by atoms with Gasteiger partial charge in [0.1, 0.15) is 5.82 Å². The number of piperidine rings is 1. The summed E-state index contributed by atoms with van der Waals surface area (Å²) in [5.41, 5.74) is 6.97. The van der Waals surface area contributed by atoms with E-state index in [9.17, 15) is 4.79 Å². The van der Waals surface area contributed by atoms with Gasteiger partial charge in [-0.15, -0.1) is 11.3 Å². The first-order chi connectivity index (χ1) is 11.7. The summed E-state index contributed by atoms with van der Waals surface area (Å²) in [4.78, 5) is 28.7. The van der Waals surface area contributed by atoms with Crippen molar-refractivity contribution >= 4 is 23.1 Å². The maximum Gasteiger partial charge on any atom is 0.291 e. The van der Waals surface area contributed by atoms with Crippen molar-refractivity contribution in [3.63, 3.8) is 0 Å². The lowest BCUT2D eigenvalue weighted by Gasteiger charge is -2.31. The molecule has 2 N–H and O–H groups in total. The average molecular weight is 343 g/mol. The first-order valence-electron chi connectivity index (χ1n) is 8.54. The quantitative estimate of drug-likeness (QED) is 0.922. The fraction of sp³-hybridized carbons (Fsp3) is 0.529. The minimum atomic E-state index is -0.117. The monoisotopic (exact) mass is 343 g/mol. The van der Waals surface area contributed by atoms with Gasteiger partial charge in [0.2, 0.25) is 5.82 Å². The number of rotatable bonds is 3. The number of nitrogens with zero attached hydrogens (tertiary/aromatic N) is 4. The zero-order chi connectivity index (χ0) is 16.5. The van der Waals surface area contributed by atoms with Gasteiger partial charge in [-0.1, -0.05) is 0 Å². The van der Waals surface area contributed by atoms with Crippen LogP contribution < -0.4 is 5.73 Å². The molecule has 1 amide bonds. The summed E-state index contributed by atoms with van der Waals surface area (Å²) in [6.45, 7) is 1.51. The van der Waals surface area contributed by atoms with Crippen molar-refractivity contribution in [3.05, 3.63) is 33.7 Å². The molecule has 2 aliphatic rings. The summed E-state index contributed by atoms with van der Waals surface area (Å²) in [7, 11) is 0. The standard InChI is InChI=1S/C17H21N5OS/c18-14-4-7-19-16(21-14)17(23)22-8-5-11(6-9-22)10-15-20-12-2-1-3-13(12)24-15/h4,7,11H,1-3,5-6,8-10H2,(H2,18,19,21). The zero-order valence-electron chi connectivity index (χ0n) is 13.6. The molecule has 0 saturated carbocycles. The fourth-order valence-electron chi connectivity index (χ4n) is 3.54. The van der Waals surface area contributed by atoms with Crippen LogP contribution in [0, 0.1) is 5.92 Å². The van der Waals surface area contributed by atoms with Crippen LogP contribution in [0.3, 0.4) is 0 Å². The molecule has 1 fully saturated rings. The Balaban J connectivity index is 1.33. The normalized spacial score (nSPS) is 17.9. The number of carbonyl (C=O) groups excluding carboxylic acids is 1. The van der Waals surface area contributed by atoms with E-state index in [0.29, 0.717) is 11.7 Å². The molecule has 0 atom stereocenters. The van der Waals surface area contributed by atoms with Crippen LogP contribution in [0.15, 0.2) is 12.3 Å². The number of likely N-dealkylation sites (tertiary alicyclic amines) is 1. The van der Waals surface area contributed by atoms with Crippen LogP contribution in [-0.4, -0.2) is 38.8 Å². The van der Waals surface area contributed by atoms with E-state index in [1.165, 1.54) is 34.6 Å². The summed E-state index contributed by atoms with van der Waals surface area (Å²) in [6, 6.07) is 1.59. The molecule has 3 heterocycles. The van der Waals surface area contributed by atoms with Gasteiger partial charge in [0, 0.05) is 30.6 Å². The smallest absolute Gasteiger partial charge is 0.291 e. The Bertz CT molecular complexity index is 730. The Hall–Kier alpha value is -2.02. The molecule has 6 nitrogen and oxygen atoms in total. The first kappa shape index (κ1) is 15.5. The van der Waals surface area contributed by atoms with E-state index in [2.05, 4.69) is 9.97 Å². The summed E-state index contributed by atoms with van der Waals surface area (Å²) in [5.74, 6) is 1.03. The maximum absolute atomic E-state index is 12.4. The van der Waals surface area contributed by atoms with E-state index in [1.807, 2.05) is 16.2 Å². The van der Waals surface area contributed by atoms with E-state index in [-0.39, 0.29) is 11.7 Å². The Morgan fingerprint density at radius 1 is 1.29 bits per heavy atom. The molecule has 0 unspecified atom stereocenters. The molecule has 126 valence electrons. The lowest BCUT2D eigenvalue weighted by atomic mass is 9.94. The fourth-order valence-corrected chi connectivity index (χ4v) is 4.81. The summed E-state index contributed by atoms with van der Waals surface area (Å²) in [5, 5.41) is 1.28. The van der Waals surface area contributed by atoms with Gasteiger partial charge in [-0.3, -0.25) is 4.79 Å². The number of anilines is 1. The van der Waals surface area contributed by atoms with Crippen molar-refractivity contribution in [2.75, 3.05) is 18.8 Å². The second-order valence-corrected chi connectivity index (χ2v) is 7.74. The molecule has 7 heteroatoms. The van der Waals surface area contributed by atoms with Crippen molar-refractivity contribution in [2.45, 2.75) is 38.5 Å². The molecule has 1 aliphatic carbocycles. The third-order valence-electron chi connectivity index (χ3n) is 4.87. The number of aryl methyl sites for hydroxylation is 2. The van der Waals surface area contributed by atoms with Crippen LogP contribution in [0.1, 0.15) is 45.5 Å². The van der Waals surface area contributed by atoms with E-state index in [1.54, 1.807) is 6.07 Å².